The summed E-state index contributed by atoms with van der Waals surface area (Å²) >= 11 is 0. The first-order chi connectivity index (χ1) is 24.2. The van der Waals surface area contributed by atoms with Crippen molar-refractivity contribution in [3.8, 4) is 0 Å². The van der Waals surface area contributed by atoms with Crippen molar-refractivity contribution < 1.29 is 42.7 Å². The van der Waals surface area contributed by atoms with Crippen LogP contribution in [0.5, 0.6) is 0 Å². The SMILES string of the molecule is CCCCCCCC/C=C\CCCCCCCC(=O)OC(COCCCCCCCCCCCCCCC)COP(=O)(O)OCC(N)C(=O)O. The molecule has 0 aromatic carbocycles. The molecule has 0 spiro atoms. The van der Waals surface area contributed by atoms with Crippen molar-refractivity contribution in [2.24, 2.45) is 5.73 Å². The molecular weight excluding hydrogens is 657 g/mol. The van der Waals surface area contributed by atoms with Crippen molar-refractivity contribution >= 4 is 19.8 Å². The molecule has 0 aliphatic heterocycles. The van der Waals surface area contributed by atoms with Gasteiger partial charge in [0.25, 0.3) is 0 Å². The van der Waals surface area contributed by atoms with Gasteiger partial charge in [0.05, 0.1) is 19.8 Å². The molecular formula is C39H76NO9P. The first-order valence-corrected chi connectivity index (χ1v) is 21.7. The molecule has 0 aromatic rings. The van der Waals surface area contributed by atoms with Crippen molar-refractivity contribution in [2.45, 2.75) is 199 Å². The molecule has 0 aliphatic carbocycles. The Hall–Kier alpha value is -1.29. The highest BCUT2D eigenvalue weighted by molar-refractivity contribution is 7.47. The third-order valence-electron chi connectivity index (χ3n) is 8.79. The summed E-state index contributed by atoms with van der Waals surface area (Å²) < 4.78 is 33.2. The molecule has 10 nitrogen and oxygen atoms in total. The summed E-state index contributed by atoms with van der Waals surface area (Å²) in [7, 11) is -4.61. The van der Waals surface area contributed by atoms with E-state index in [9.17, 15) is 19.0 Å². The minimum Gasteiger partial charge on any atom is -0.480 e. The van der Waals surface area contributed by atoms with Gasteiger partial charge in [-0.15, -0.1) is 0 Å². The molecule has 50 heavy (non-hydrogen) atoms. The lowest BCUT2D eigenvalue weighted by Crippen LogP contribution is -2.34. The number of unbranched alkanes of at least 4 members (excludes halogenated alkanes) is 23. The molecule has 3 atom stereocenters. The molecule has 0 radical (unpaired) electrons. The van der Waals surface area contributed by atoms with Gasteiger partial charge in [-0.05, 0) is 38.5 Å². The number of carbonyl (C=O) groups is 2. The molecule has 296 valence electrons. The van der Waals surface area contributed by atoms with Gasteiger partial charge in [-0.3, -0.25) is 18.6 Å². The second kappa shape index (κ2) is 36.1. The van der Waals surface area contributed by atoms with E-state index in [1.807, 2.05) is 0 Å². The molecule has 0 saturated carbocycles. The normalized spacial score (nSPS) is 14.2. The summed E-state index contributed by atoms with van der Waals surface area (Å²) in [6.45, 7) is 3.88. The first kappa shape index (κ1) is 48.7. The second-order valence-electron chi connectivity index (χ2n) is 13.8. The Labute approximate surface area is 305 Å². The largest absolute Gasteiger partial charge is 0.480 e. The highest BCUT2D eigenvalue weighted by Crippen LogP contribution is 2.43. The molecule has 0 aliphatic rings. The van der Waals surface area contributed by atoms with Crippen LogP contribution in [0.15, 0.2) is 12.2 Å². The average molecular weight is 734 g/mol. The van der Waals surface area contributed by atoms with Gasteiger partial charge in [-0.1, -0.05) is 154 Å². The highest BCUT2D eigenvalue weighted by atomic mass is 31.2. The van der Waals surface area contributed by atoms with E-state index in [1.165, 1.54) is 109 Å². The van der Waals surface area contributed by atoms with Crippen LogP contribution < -0.4 is 5.73 Å². The van der Waals surface area contributed by atoms with Gasteiger partial charge in [0.2, 0.25) is 0 Å². The Morgan fingerprint density at radius 1 is 0.620 bits per heavy atom. The zero-order chi connectivity index (χ0) is 37.0. The van der Waals surface area contributed by atoms with Crippen LogP contribution in [0.2, 0.25) is 0 Å². The number of carboxylic acids is 1. The van der Waals surface area contributed by atoms with Crippen molar-refractivity contribution in [2.75, 3.05) is 26.4 Å². The molecule has 0 heterocycles. The number of carbonyl (C=O) groups excluding carboxylic acids is 1. The molecule has 3 unspecified atom stereocenters. The Kier molecular flexibility index (Phi) is 35.2. The van der Waals surface area contributed by atoms with E-state index in [0.29, 0.717) is 13.0 Å². The molecule has 11 heteroatoms. The number of esters is 1. The van der Waals surface area contributed by atoms with Crippen LogP contribution in [0, 0.1) is 0 Å². The van der Waals surface area contributed by atoms with Crippen molar-refractivity contribution in [3.63, 3.8) is 0 Å². The second-order valence-corrected chi connectivity index (χ2v) is 15.2. The summed E-state index contributed by atoms with van der Waals surface area (Å²) in [5.74, 6) is -1.78. The lowest BCUT2D eigenvalue weighted by molar-refractivity contribution is -0.154. The number of phosphoric acid groups is 1. The highest BCUT2D eigenvalue weighted by Gasteiger charge is 2.27. The monoisotopic (exact) mass is 734 g/mol. The van der Waals surface area contributed by atoms with Crippen LogP contribution in [0.4, 0.5) is 0 Å². The zero-order valence-corrected chi connectivity index (χ0v) is 32.9. The van der Waals surface area contributed by atoms with Gasteiger partial charge in [0.15, 0.2) is 0 Å². The number of nitrogens with two attached hydrogens (primary N) is 1. The standard InChI is InChI=1S/C39H76NO9P/c1-3-5-7-9-11-13-15-17-18-19-21-23-25-27-29-31-38(41)49-36(34-47-50(44,45)48-35-37(40)39(42)43)33-46-32-30-28-26-24-22-20-16-14-12-10-8-6-4-2/h17-18,36-37H,3-16,19-35,40H2,1-2H3,(H,42,43)(H,44,45)/b18-17-. The minimum atomic E-state index is -4.61. The average Bonchev–Trinajstić information content (AvgIpc) is 3.09. The minimum absolute atomic E-state index is 0.0189. The van der Waals surface area contributed by atoms with Crippen LogP contribution >= 0.6 is 7.82 Å². The maximum atomic E-state index is 12.6. The van der Waals surface area contributed by atoms with E-state index in [2.05, 4.69) is 26.0 Å². The lowest BCUT2D eigenvalue weighted by atomic mass is 10.0. The fraction of sp³-hybridized carbons (Fsp3) is 0.897. The number of phosphoric ester groups is 1. The van der Waals surface area contributed by atoms with Crippen molar-refractivity contribution in [1.29, 1.82) is 0 Å². The van der Waals surface area contributed by atoms with E-state index in [4.69, 9.17) is 29.4 Å². The third kappa shape index (κ3) is 35.1. The van der Waals surface area contributed by atoms with E-state index in [-0.39, 0.29) is 13.0 Å². The number of ether oxygens (including phenoxy) is 2. The Morgan fingerprint density at radius 2 is 1.04 bits per heavy atom. The number of allylic oxidation sites excluding steroid dienone is 2. The van der Waals surface area contributed by atoms with Crippen molar-refractivity contribution in [1.82, 2.24) is 0 Å². The van der Waals surface area contributed by atoms with Crippen LogP contribution in [-0.2, 0) is 32.7 Å². The summed E-state index contributed by atoms with van der Waals surface area (Å²) in [5.41, 5.74) is 5.34. The summed E-state index contributed by atoms with van der Waals surface area (Å²) in [6, 6.07) is -1.47. The molecule has 0 amide bonds. The number of hydrogen-bond donors (Lipinski definition) is 3. The van der Waals surface area contributed by atoms with Gasteiger partial charge in [-0.25, -0.2) is 4.57 Å². The molecule has 0 rings (SSSR count). The van der Waals surface area contributed by atoms with Crippen LogP contribution in [0.3, 0.4) is 0 Å². The van der Waals surface area contributed by atoms with Crippen LogP contribution in [0.1, 0.15) is 187 Å². The van der Waals surface area contributed by atoms with E-state index in [1.54, 1.807) is 0 Å². The van der Waals surface area contributed by atoms with Gasteiger partial charge in [-0.2, -0.15) is 0 Å². The predicted molar refractivity (Wildman–Crippen MR) is 203 cm³/mol. The number of carboxylic acid groups (broad SMARTS) is 1. The van der Waals surface area contributed by atoms with Crippen LogP contribution in [0.25, 0.3) is 0 Å². The van der Waals surface area contributed by atoms with Gasteiger partial charge in [0.1, 0.15) is 12.1 Å². The van der Waals surface area contributed by atoms with Crippen LogP contribution in [-0.4, -0.2) is 60.5 Å². The first-order valence-electron chi connectivity index (χ1n) is 20.2. The van der Waals surface area contributed by atoms with E-state index in [0.717, 1.165) is 51.4 Å². The quantitative estimate of drug-likeness (QED) is 0.0240. The van der Waals surface area contributed by atoms with Gasteiger partial charge < -0.3 is 25.2 Å². The number of aliphatic carboxylic acids is 1. The Morgan fingerprint density at radius 3 is 1.52 bits per heavy atom. The maximum Gasteiger partial charge on any atom is 0.472 e. The number of rotatable bonds is 39. The summed E-state index contributed by atoms with van der Waals surface area (Å²) in [5, 5.41) is 8.87. The molecule has 0 fully saturated rings. The van der Waals surface area contributed by atoms with E-state index < -0.39 is 45.1 Å². The molecule has 4 N–H and O–H groups in total. The maximum absolute atomic E-state index is 12.6. The number of hydrogen-bond acceptors (Lipinski definition) is 8. The fourth-order valence-electron chi connectivity index (χ4n) is 5.60. The predicted octanol–water partition coefficient (Wildman–Crippen LogP) is 10.6. The van der Waals surface area contributed by atoms with Gasteiger partial charge >= 0.3 is 19.8 Å². The fourth-order valence-corrected chi connectivity index (χ4v) is 6.38. The lowest BCUT2D eigenvalue weighted by Gasteiger charge is -2.20. The summed E-state index contributed by atoms with van der Waals surface area (Å²) in [4.78, 5) is 33.4. The topological polar surface area (TPSA) is 155 Å². The van der Waals surface area contributed by atoms with Crippen molar-refractivity contribution in [3.05, 3.63) is 12.2 Å². The Bertz CT molecular complexity index is 857. The zero-order valence-electron chi connectivity index (χ0n) is 32.0. The van der Waals surface area contributed by atoms with Gasteiger partial charge in [0, 0.05) is 13.0 Å². The Balaban J connectivity index is 4.27. The smallest absolute Gasteiger partial charge is 0.472 e. The molecule has 0 bridgehead atoms. The third-order valence-corrected chi connectivity index (χ3v) is 9.75. The molecule has 0 aromatic heterocycles. The van der Waals surface area contributed by atoms with E-state index >= 15 is 0 Å². The summed E-state index contributed by atoms with van der Waals surface area (Å²) in [6.07, 6.45) is 35.4. The molecule has 0 saturated heterocycles.